The van der Waals surface area contributed by atoms with Crippen molar-refractivity contribution in [1.82, 2.24) is 0 Å². The molecule has 8 heteroatoms. The molecule has 62 valence electrons. The Hall–Kier alpha value is 1.72. The van der Waals surface area contributed by atoms with Crippen LogP contribution in [-0.4, -0.2) is 33.7 Å². The normalized spacial score (nSPS) is 13.8. The van der Waals surface area contributed by atoms with Crippen LogP contribution in [0.25, 0.3) is 0 Å². The number of rotatable bonds is 3. The van der Waals surface area contributed by atoms with Gasteiger partial charge in [-0.15, -0.1) is 0 Å². The average Bonchev–Trinajstić information content (AvgIpc) is 1.57. The summed E-state index contributed by atoms with van der Waals surface area (Å²) in [7, 11) is 0. The van der Waals surface area contributed by atoms with Gasteiger partial charge in [0, 0.05) is 0 Å². The fraction of sp³-hybridized carbons (Fsp3) is 1.00. The summed E-state index contributed by atoms with van der Waals surface area (Å²) in [6.07, 6.45) is 0. The van der Waals surface area contributed by atoms with Gasteiger partial charge in [-0.25, -0.2) is 0 Å². The summed E-state index contributed by atoms with van der Waals surface area (Å²) in [5.41, 5.74) is 0. The van der Waals surface area contributed by atoms with Crippen LogP contribution in [0.5, 0.6) is 0 Å². The van der Waals surface area contributed by atoms with E-state index < -0.39 is 33.7 Å². The monoisotopic (exact) mass is 418 g/mol. The third-order valence-electron chi connectivity index (χ3n) is 0.231. The Kier molecular flexibility index (Phi) is 4.80. The number of alkyl halides is 6. The molecule has 10 heavy (non-hydrogen) atoms. The van der Waals surface area contributed by atoms with E-state index in [0.29, 0.717) is 0 Å². The van der Waals surface area contributed by atoms with Crippen LogP contribution in [0.2, 0.25) is 0 Å². The molecule has 0 aromatic heterocycles. The van der Waals surface area contributed by atoms with Crippen LogP contribution in [0, 0.1) is 0 Å². The van der Waals surface area contributed by atoms with Crippen LogP contribution < -0.4 is 0 Å². The van der Waals surface area contributed by atoms with Gasteiger partial charge in [0.1, 0.15) is 0 Å². The fourth-order valence-electron chi connectivity index (χ4n) is 0.0945. The topological polar surface area (TPSA) is 0 Å². The molecule has 0 aromatic carbocycles. The van der Waals surface area contributed by atoms with Gasteiger partial charge in [0.25, 0.3) is 0 Å². The molecule has 0 bridgehead atoms. The van der Waals surface area contributed by atoms with Gasteiger partial charge in [0.05, 0.1) is 0 Å². The van der Waals surface area contributed by atoms with Gasteiger partial charge in [-0.2, -0.15) is 0 Å². The molecule has 0 aliphatic carbocycles. The molecule has 0 saturated heterocycles. The number of hydrogen-bond donors (Lipinski definition) is 0. The summed E-state index contributed by atoms with van der Waals surface area (Å²) in [6.45, 7) is 0. The molecule has 0 amide bonds. The molecule has 0 atom stereocenters. The van der Waals surface area contributed by atoms with E-state index >= 15 is 0 Å². The third-order valence-corrected chi connectivity index (χ3v) is 13.4. The Balaban J connectivity index is 3.56. The van der Waals surface area contributed by atoms with Crippen molar-refractivity contribution in [2.24, 2.45) is 0 Å². The summed E-state index contributed by atoms with van der Waals surface area (Å²) in [4.78, 5) is 0. The summed E-state index contributed by atoms with van der Waals surface area (Å²) in [6, 6.07) is 0. The van der Waals surface area contributed by atoms with Gasteiger partial charge < -0.3 is 0 Å². The molecule has 0 nitrogen and oxygen atoms in total. The van der Waals surface area contributed by atoms with Crippen molar-refractivity contribution < 1.29 is 17.6 Å². The van der Waals surface area contributed by atoms with Crippen molar-refractivity contribution in [1.29, 1.82) is 0 Å². The molecule has 0 aliphatic heterocycles. The minimum absolute atomic E-state index is 1.35. The second-order valence-corrected chi connectivity index (χ2v) is 11.9. The standard InChI is InChI=1S/C2Br2F4Se2/c3-1(5,6)9-10-2(4,7)8. The third kappa shape index (κ3) is 9.72. The number of hydrogen-bond acceptors (Lipinski definition) is 0. The Labute approximate surface area is 82.6 Å². The van der Waals surface area contributed by atoms with Crippen molar-refractivity contribution in [3.63, 3.8) is 0 Å². The zero-order chi connectivity index (χ0) is 8.41. The van der Waals surface area contributed by atoms with E-state index in [1.807, 2.05) is 31.9 Å². The maximum atomic E-state index is 11.9. The molecule has 0 N–H and O–H groups in total. The summed E-state index contributed by atoms with van der Waals surface area (Å²) < 4.78 is 41.2. The molecule has 0 aromatic rings. The second-order valence-electron chi connectivity index (χ2n) is 1.06. The Morgan fingerprint density at radius 3 is 1.10 bits per heavy atom. The maximum absolute atomic E-state index is 11.9. The first-order valence-electron chi connectivity index (χ1n) is 1.71. The van der Waals surface area contributed by atoms with E-state index in [9.17, 15) is 17.6 Å². The summed E-state index contributed by atoms with van der Waals surface area (Å²) in [5.74, 6) is 0. The van der Waals surface area contributed by atoms with Gasteiger partial charge in [-0.05, 0) is 0 Å². The molecule has 0 rings (SSSR count). The minimum atomic E-state index is -3.10. The van der Waals surface area contributed by atoms with Crippen LogP contribution in [0.3, 0.4) is 0 Å². The molecular weight excluding hydrogens is 418 g/mol. The van der Waals surface area contributed by atoms with E-state index in [1.54, 1.807) is 0 Å². The van der Waals surface area contributed by atoms with E-state index in [-0.39, 0.29) is 0 Å². The van der Waals surface area contributed by atoms with Gasteiger partial charge in [0.2, 0.25) is 0 Å². The van der Waals surface area contributed by atoms with Crippen LogP contribution in [0.4, 0.5) is 17.6 Å². The summed E-state index contributed by atoms with van der Waals surface area (Å²) in [5, 5.41) is 0. The van der Waals surface area contributed by atoms with Crippen molar-refractivity contribution in [3.8, 4) is 0 Å². The second kappa shape index (κ2) is 4.10. The van der Waals surface area contributed by atoms with E-state index in [2.05, 4.69) is 0 Å². The molecular formula is C2Br2F4Se2. The Bertz CT molecular complexity index is 92.8. The Morgan fingerprint density at radius 2 is 1.00 bits per heavy atom. The van der Waals surface area contributed by atoms with E-state index in [0.717, 1.165) is 0 Å². The zero-order valence-electron chi connectivity index (χ0n) is 4.08. The molecule has 0 aliphatic rings. The van der Waals surface area contributed by atoms with Crippen molar-refractivity contribution in [2.45, 2.75) is 7.46 Å². The first-order valence-corrected chi connectivity index (χ1v) is 9.34. The van der Waals surface area contributed by atoms with Crippen molar-refractivity contribution in [2.75, 3.05) is 0 Å². The average molecular weight is 418 g/mol. The number of halogens is 6. The van der Waals surface area contributed by atoms with Gasteiger partial charge in [-0.1, -0.05) is 0 Å². The molecule has 0 heterocycles. The molecule has 0 spiro atoms. The molecule has 0 unspecified atom stereocenters. The molecule has 0 fully saturated rings. The van der Waals surface area contributed by atoms with Crippen LogP contribution in [-0.2, 0) is 0 Å². The van der Waals surface area contributed by atoms with E-state index in [4.69, 9.17) is 0 Å². The Morgan fingerprint density at radius 1 is 0.800 bits per heavy atom. The fourth-order valence-corrected chi connectivity index (χ4v) is 6.12. The van der Waals surface area contributed by atoms with Crippen molar-refractivity contribution >= 4 is 58.1 Å². The SMILES string of the molecule is FC(F)(Br)[Se][Se]C(F)(F)Br. The summed E-state index contributed by atoms with van der Waals surface area (Å²) >= 11 is 1.27. The quantitative estimate of drug-likeness (QED) is 0.375. The first-order chi connectivity index (χ1) is 4.21. The van der Waals surface area contributed by atoms with Gasteiger partial charge in [0.15, 0.2) is 0 Å². The first kappa shape index (κ1) is 11.7. The van der Waals surface area contributed by atoms with Gasteiger partial charge >= 0.3 is 83.1 Å². The molecule has 0 radical (unpaired) electrons. The van der Waals surface area contributed by atoms with Gasteiger partial charge in [-0.3, -0.25) is 0 Å². The van der Waals surface area contributed by atoms with E-state index in [1.165, 1.54) is 0 Å². The predicted molar refractivity (Wildman–Crippen MR) is 39.3 cm³/mol. The predicted octanol–water partition coefficient (Wildman–Crippen LogP) is 2.20. The van der Waals surface area contributed by atoms with Crippen molar-refractivity contribution in [3.05, 3.63) is 0 Å². The van der Waals surface area contributed by atoms with Crippen LogP contribution >= 0.6 is 31.9 Å². The zero-order valence-corrected chi connectivity index (χ0v) is 10.7. The van der Waals surface area contributed by atoms with Crippen LogP contribution in [0.1, 0.15) is 0 Å². The molecule has 0 saturated carbocycles. The van der Waals surface area contributed by atoms with Crippen LogP contribution in [0.15, 0.2) is 0 Å².